The van der Waals surface area contributed by atoms with Crippen molar-refractivity contribution in [3.05, 3.63) is 23.8 Å². The Morgan fingerprint density at radius 1 is 1.35 bits per heavy atom. The number of benzene rings is 1. The molecular weight excluding hydrogens is 282 g/mol. The van der Waals surface area contributed by atoms with Gasteiger partial charge < -0.3 is 15.8 Å². The number of rotatable bonds is 7. The summed E-state index contributed by atoms with van der Waals surface area (Å²) in [5.74, 6) is 0.125. The fraction of sp³-hybridized carbons (Fsp3) is 0.417. The van der Waals surface area contributed by atoms with Crippen LogP contribution in [0.5, 0.6) is 5.75 Å². The fourth-order valence-electron chi connectivity index (χ4n) is 1.55. The van der Waals surface area contributed by atoms with E-state index in [1.165, 1.54) is 13.2 Å². The second-order valence-electron chi connectivity index (χ2n) is 4.24. The molecule has 0 aliphatic carbocycles. The summed E-state index contributed by atoms with van der Waals surface area (Å²) in [7, 11) is -1.72. The lowest BCUT2D eigenvalue weighted by Gasteiger charge is -2.10. The third-order valence-electron chi connectivity index (χ3n) is 2.47. The second kappa shape index (κ2) is 7.11. The number of ether oxygens (including phenoxy) is 1. The highest BCUT2D eigenvalue weighted by molar-refractivity contribution is 7.88. The van der Waals surface area contributed by atoms with Gasteiger partial charge in [-0.05, 0) is 24.6 Å². The maximum atomic E-state index is 12.0. The highest BCUT2D eigenvalue weighted by atomic mass is 32.2. The Bertz CT molecular complexity index is 572. The minimum atomic E-state index is -3.19. The van der Waals surface area contributed by atoms with Crippen LogP contribution in [0.2, 0.25) is 0 Å². The number of nitrogen functional groups attached to an aromatic ring is 1. The molecule has 20 heavy (non-hydrogen) atoms. The van der Waals surface area contributed by atoms with Crippen LogP contribution in [0.25, 0.3) is 0 Å². The molecule has 0 atom stereocenters. The van der Waals surface area contributed by atoms with Crippen LogP contribution in [0.3, 0.4) is 0 Å². The first-order chi connectivity index (χ1) is 9.33. The molecule has 8 heteroatoms. The van der Waals surface area contributed by atoms with Gasteiger partial charge in [0.25, 0.3) is 5.91 Å². The first-order valence-electron chi connectivity index (χ1n) is 6.00. The molecule has 4 N–H and O–H groups in total. The predicted octanol–water partition coefficient (Wildman–Crippen LogP) is -0.0535. The van der Waals surface area contributed by atoms with E-state index in [0.29, 0.717) is 30.0 Å². The summed E-state index contributed by atoms with van der Waals surface area (Å²) in [4.78, 5) is 12.0. The number of hydrogen-bond donors (Lipinski definition) is 3. The zero-order valence-electron chi connectivity index (χ0n) is 11.5. The van der Waals surface area contributed by atoms with E-state index in [2.05, 4.69) is 10.0 Å². The molecule has 0 radical (unpaired) electrons. The maximum absolute atomic E-state index is 12.0. The first-order valence-corrected chi connectivity index (χ1v) is 7.89. The molecule has 1 amide bonds. The number of anilines is 1. The summed E-state index contributed by atoms with van der Waals surface area (Å²) in [6.07, 6.45) is 1.58. The van der Waals surface area contributed by atoms with Gasteiger partial charge in [0.15, 0.2) is 0 Å². The van der Waals surface area contributed by atoms with E-state index in [9.17, 15) is 13.2 Å². The van der Waals surface area contributed by atoms with Gasteiger partial charge in [0, 0.05) is 18.8 Å². The monoisotopic (exact) mass is 301 g/mol. The van der Waals surface area contributed by atoms with Gasteiger partial charge in [-0.15, -0.1) is 0 Å². The van der Waals surface area contributed by atoms with Crippen molar-refractivity contribution >= 4 is 21.6 Å². The van der Waals surface area contributed by atoms with Crippen LogP contribution in [0.4, 0.5) is 5.69 Å². The smallest absolute Gasteiger partial charge is 0.255 e. The highest BCUT2D eigenvalue weighted by Gasteiger charge is 2.12. The number of carbonyl (C=O) groups excluding carboxylic acids is 1. The number of nitrogens with one attached hydrogen (secondary N) is 2. The molecule has 0 spiro atoms. The lowest BCUT2D eigenvalue weighted by atomic mass is 10.1. The number of carbonyl (C=O) groups is 1. The number of nitrogens with two attached hydrogens (primary N) is 1. The van der Waals surface area contributed by atoms with Gasteiger partial charge in [0.05, 0.1) is 18.9 Å². The third kappa shape index (κ3) is 5.45. The van der Waals surface area contributed by atoms with Crippen molar-refractivity contribution in [1.29, 1.82) is 0 Å². The average molecular weight is 301 g/mol. The van der Waals surface area contributed by atoms with Gasteiger partial charge in [-0.25, -0.2) is 13.1 Å². The van der Waals surface area contributed by atoms with E-state index in [4.69, 9.17) is 10.5 Å². The van der Waals surface area contributed by atoms with Crippen LogP contribution in [0.1, 0.15) is 16.8 Å². The molecule has 0 aromatic heterocycles. The minimum absolute atomic E-state index is 0.271. The van der Waals surface area contributed by atoms with E-state index in [-0.39, 0.29) is 12.5 Å². The number of methoxy groups -OCH3 is 1. The van der Waals surface area contributed by atoms with Gasteiger partial charge in [0.2, 0.25) is 10.0 Å². The Morgan fingerprint density at radius 3 is 2.65 bits per heavy atom. The lowest BCUT2D eigenvalue weighted by molar-refractivity contribution is 0.0950. The minimum Gasteiger partial charge on any atom is -0.496 e. The lowest BCUT2D eigenvalue weighted by Crippen LogP contribution is -2.29. The SMILES string of the molecule is COc1ccc(N)cc1C(=O)NCCCNS(C)(=O)=O. The van der Waals surface area contributed by atoms with Crippen molar-refractivity contribution in [1.82, 2.24) is 10.0 Å². The zero-order valence-corrected chi connectivity index (χ0v) is 12.3. The van der Waals surface area contributed by atoms with Gasteiger partial charge in [0.1, 0.15) is 5.75 Å². The number of sulfonamides is 1. The Hall–Kier alpha value is -1.80. The Morgan fingerprint density at radius 2 is 2.05 bits per heavy atom. The standard InChI is InChI=1S/C12H19N3O4S/c1-19-11-5-4-9(13)8-10(11)12(16)14-6-3-7-15-20(2,17)18/h4-5,8,15H,3,6-7,13H2,1-2H3,(H,14,16). The normalized spacial score (nSPS) is 11.1. The molecule has 112 valence electrons. The molecule has 0 heterocycles. The molecule has 0 fully saturated rings. The Balaban J connectivity index is 2.49. The van der Waals surface area contributed by atoms with Crippen LogP contribution in [-0.4, -0.2) is 40.8 Å². The van der Waals surface area contributed by atoms with Crippen LogP contribution < -0.4 is 20.5 Å². The molecule has 0 bridgehead atoms. The van der Waals surface area contributed by atoms with Crippen LogP contribution in [0, 0.1) is 0 Å². The first kappa shape index (κ1) is 16.3. The van der Waals surface area contributed by atoms with Crippen molar-refractivity contribution < 1.29 is 17.9 Å². The molecule has 7 nitrogen and oxygen atoms in total. The summed E-state index contributed by atoms with van der Waals surface area (Å²) >= 11 is 0. The largest absolute Gasteiger partial charge is 0.496 e. The Labute approximate surface area is 118 Å². The molecule has 0 saturated carbocycles. The molecule has 0 aliphatic heterocycles. The highest BCUT2D eigenvalue weighted by Crippen LogP contribution is 2.20. The van der Waals surface area contributed by atoms with Crippen molar-refractivity contribution in [2.75, 3.05) is 32.2 Å². The molecule has 1 rings (SSSR count). The van der Waals surface area contributed by atoms with E-state index in [1.807, 2.05) is 0 Å². The predicted molar refractivity (Wildman–Crippen MR) is 77.2 cm³/mol. The van der Waals surface area contributed by atoms with E-state index < -0.39 is 10.0 Å². The zero-order chi connectivity index (χ0) is 15.2. The van der Waals surface area contributed by atoms with Gasteiger partial charge >= 0.3 is 0 Å². The summed E-state index contributed by atoms with van der Waals surface area (Å²) in [5, 5.41) is 2.68. The molecule has 1 aromatic carbocycles. The van der Waals surface area contributed by atoms with Crippen LogP contribution in [0.15, 0.2) is 18.2 Å². The molecular formula is C12H19N3O4S. The van der Waals surface area contributed by atoms with Gasteiger partial charge in [-0.1, -0.05) is 0 Å². The number of hydrogen-bond acceptors (Lipinski definition) is 5. The summed E-state index contributed by atoms with van der Waals surface area (Å²) in [6.45, 7) is 0.618. The molecule has 0 saturated heterocycles. The second-order valence-corrected chi connectivity index (χ2v) is 6.07. The molecule has 1 aromatic rings. The quantitative estimate of drug-likeness (QED) is 0.483. The van der Waals surface area contributed by atoms with Gasteiger partial charge in [-0.3, -0.25) is 4.79 Å². The van der Waals surface area contributed by atoms with Crippen molar-refractivity contribution in [3.63, 3.8) is 0 Å². The van der Waals surface area contributed by atoms with Gasteiger partial charge in [-0.2, -0.15) is 0 Å². The summed E-state index contributed by atoms with van der Waals surface area (Å²) in [5.41, 5.74) is 6.45. The number of amides is 1. The van der Waals surface area contributed by atoms with Crippen LogP contribution >= 0.6 is 0 Å². The fourth-order valence-corrected chi connectivity index (χ4v) is 2.06. The molecule has 0 aliphatic rings. The van der Waals surface area contributed by atoms with Crippen molar-refractivity contribution in [2.45, 2.75) is 6.42 Å². The van der Waals surface area contributed by atoms with E-state index in [1.54, 1.807) is 12.1 Å². The summed E-state index contributed by atoms with van der Waals surface area (Å²) in [6, 6.07) is 4.80. The van der Waals surface area contributed by atoms with Crippen LogP contribution in [-0.2, 0) is 10.0 Å². The molecule has 0 unspecified atom stereocenters. The topological polar surface area (TPSA) is 111 Å². The van der Waals surface area contributed by atoms with Crippen molar-refractivity contribution in [2.24, 2.45) is 0 Å². The average Bonchev–Trinajstić information content (AvgIpc) is 2.36. The summed E-state index contributed by atoms with van der Waals surface area (Å²) < 4.78 is 29.1. The van der Waals surface area contributed by atoms with E-state index in [0.717, 1.165) is 6.26 Å². The Kier molecular flexibility index (Phi) is 5.78. The maximum Gasteiger partial charge on any atom is 0.255 e. The van der Waals surface area contributed by atoms with E-state index >= 15 is 0 Å². The van der Waals surface area contributed by atoms with Crippen molar-refractivity contribution in [3.8, 4) is 5.75 Å². The third-order valence-corrected chi connectivity index (χ3v) is 3.20.